The molecule has 1 aliphatic rings. The average Bonchev–Trinajstić information content (AvgIpc) is 3.15. The topological polar surface area (TPSA) is 165 Å². The summed E-state index contributed by atoms with van der Waals surface area (Å²) in [5.74, 6) is -1.41. The first kappa shape index (κ1) is 18.2. The van der Waals surface area contributed by atoms with Crippen LogP contribution in [0.4, 0.5) is 5.95 Å². The van der Waals surface area contributed by atoms with Crippen molar-refractivity contribution in [2.45, 2.75) is 32.2 Å². The second kappa shape index (κ2) is 6.94. The summed E-state index contributed by atoms with van der Waals surface area (Å²) in [4.78, 5) is 46.2. The summed E-state index contributed by atoms with van der Waals surface area (Å²) in [5.41, 5.74) is 5.57. The van der Waals surface area contributed by atoms with Crippen molar-refractivity contribution >= 4 is 29.3 Å². The molecule has 0 spiro atoms. The number of imidazole rings is 1. The number of hydrogen-bond donors (Lipinski definition) is 4. The minimum atomic E-state index is -0.868. The van der Waals surface area contributed by atoms with E-state index in [1.807, 2.05) is 0 Å². The number of aromatic nitrogens is 4. The van der Waals surface area contributed by atoms with Crippen molar-refractivity contribution in [2.24, 2.45) is 17.6 Å². The van der Waals surface area contributed by atoms with E-state index in [1.165, 1.54) is 10.9 Å². The fraction of sp³-hybridized carbons (Fsp3) is 0.533. The Bertz CT molecular complexity index is 890. The molecule has 140 valence electrons. The van der Waals surface area contributed by atoms with Gasteiger partial charge in [0.05, 0.1) is 25.0 Å². The highest BCUT2D eigenvalue weighted by atomic mass is 16.5. The van der Waals surface area contributed by atoms with Gasteiger partial charge in [-0.3, -0.25) is 24.5 Å². The Labute approximate surface area is 147 Å². The first-order valence-corrected chi connectivity index (χ1v) is 8.12. The molecule has 0 aliphatic carbocycles. The largest absolute Gasteiger partial charge is 0.394 e. The normalized spacial score (nSPS) is 25.7. The van der Waals surface area contributed by atoms with Gasteiger partial charge in [-0.05, 0) is 0 Å². The van der Waals surface area contributed by atoms with Gasteiger partial charge in [0, 0.05) is 12.0 Å². The summed E-state index contributed by atoms with van der Waals surface area (Å²) in [5, 5.41) is 11.9. The third-order valence-corrected chi connectivity index (χ3v) is 4.33. The van der Waals surface area contributed by atoms with Crippen molar-refractivity contribution in [3.63, 3.8) is 0 Å². The zero-order valence-corrected chi connectivity index (χ0v) is 14.2. The molecule has 3 rings (SSSR count). The van der Waals surface area contributed by atoms with Gasteiger partial charge in [-0.2, -0.15) is 4.98 Å². The number of carbonyl (C=O) groups is 2. The van der Waals surface area contributed by atoms with Crippen LogP contribution in [0.2, 0.25) is 0 Å². The quantitative estimate of drug-likeness (QED) is 0.477. The van der Waals surface area contributed by atoms with Gasteiger partial charge in [0.2, 0.25) is 11.9 Å². The van der Waals surface area contributed by atoms with Crippen molar-refractivity contribution in [2.75, 3.05) is 11.9 Å². The minimum Gasteiger partial charge on any atom is -0.394 e. The van der Waals surface area contributed by atoms with Crippen LogP contribution in [0.15, 0.2) is 11.1 Å². The molecule has 11 nitrogen and oxygen atoms in total. The first-order chi connectivity index (χ1) is 12.4. The molecule has 0 radical (unpaired) electrons. The van der Waals surface area contributed by atoms with Crippen LogP contribution in [0.25, 0.3) is 11.2 Å². The maximum absolute atomic E-state index is 12.2. The Balaban J connectivity index is 2.04. The number of nitrogens with zero attached hydrogens (tertiary/aromatic N) is 3. The van der Waals surface area contributed by atoms with Gasteiger partial charge in [0.25, 0.3) is 5.56 Å². The lowest BCUT2D eigenvalue weighted by Gasteiger charge is -2.17. The van der Waals surface area contributed by atoms with Crippen LogP contribution < -0.4 is 16.6 Å². The first-order valence-electron chi connectivity index (χ1n) is 8.12. The Morgan fingerprint density at radius 1 is 1.58 bits per heavy atom. The molecule has 1 amide bonds. The summed E-state index contributed by atoms with van der Waals surface area (Å²) in [6.45, 7) is 3.06. The van der Waals surface area contributed by atoms with Gasteiger partial charge < -0.3 is 20.4 Å². The molecule has 0 unspecified atom stereocenters. The summed E-state index contributed by atoms with van der Waals surface area (Å²) >= 11 is 0. The summed E-state index contributed by atoms with van der Waals surface area (Å²) in [7, 11) is 0. The lowest BCUT2D eigenvalue weighted by Crippen LogP contribution is -2.38. The smallest absolute Gasteiger partial charge is 0.280 e. The van der Waals surface area contributed by atoms with E-state index in [4.69, 9.17) is 10.5 Å². The molecule has 3 heterocycles. The second-order valence-electron chi connectivity index (χ2n) is 6.42. The van der Waals surface area contributed by atoms with Gasteiger partial charge in [-0.1, -0.05) is 13.8 Å². The van der Waals surface area contributed by atoms with Crippen LogP contribution in [-0.2, 0) is 14.3 Å². The van der Waals surface area contributed by atoms with Crippen molar-refractivity contribution in [1.82, 2.24) is 19.5 Å². The Hall–Kier alpha value is -2.63. The number of aliphatic hydroxyl groups excluding tert-OH is 1. The number of fused-ring (bicyclic) bond motifs is 1. The molecule has 2 aromatic rings. The van der Waals surface area contributed by atoms with Gasteiger partial charge in [0.1, 0.15) is 12.5 Å². The third-order valence-electron chi connectivity index (χ3n) is 4.33. The Kier molecular flexibility index (Phi) is 4.85. The number of rotatable bonds is 5. The molecular weight excluding hydrogens is 344 g/mol. The number of aldehydes is 1. The van der Waals surface area contributed by atoms with Crippen molar-refractivity contribution < 1.29 is 19.4 Å². The van der Waals surface area contributed by atoms with Crippen LogP contribution in [0, 0.1) is 11.8 Å². The fourth-order valence-electron chi connectivity index (χ4n) is 2.80. The Morgan fingerprint density at radius 3 is 2.92 bits per heavy atom. The maximum atomic E-state index is 12.2. The SMILES string of the molecule is CC(C)C(=O)Nc1nc2c(ncn2[C@@H]2O[C@H](CO)[C@@H](N)[C@H]2C=O)c(=O)[nH]1. The number of aromatic amines is 1. The lowest BCUT2D eigenvalue weighted by atomic mass is 9.99. The van der Waals surface area contributed by atoms with Crippen LogP contribution in [-0.4, -0.2) is 55.6 Å². The van der Waals surface area contributed by atoms with Crippen molar-refractivity contribution in [3.05, 3.63) is 16.7 Å². The number of anilines is 1. The molecule has 0 aromatic carbocycles. The van der Waals surface area contributed by atoms with Crippen LogP contribution in [0.5, 0.6) is 0 Å². The highest BCUT2D eigenvalue weighted by Crippen LogP contribution is 2.33. The van der Waals surface area contributed by atoms with Crippen molar-refractivity contribution in [1.29, 1.82) is 0 Å². The third kappa shape index (κ3) is 3.00. The number of hydrogen-bond acceptors (Lipinski definition) is 8. The molecule has 1 saturated heterocycles. The van der Waals surface area contributed by atoms with E-state index < -0.39 is 29.9 Å². The zero-order chi connectivity index (χ0) is 19.0. The highest BCUT2D eigenvalue weighted by Gasteiger charge is 2.43. The highest BCUT2D eigenvalue weighted by molar-refractivity contribution is 5.91. The molecule has 11 heteroatoms. The standard InChI is InChI=1S/C15H20N6O5/c1-6(2)12(24)19-15-18-11-10(13(25)20-15)17-5-21(11)14-7(3-22)9(16)8(4-23)26-14/h3,5-9,14,23H,4,16H2,1-2H3,(H2,18,19,20,24,25)/t7-,8-,9+,14-/m1/s1. The zero-order valence-electron chi connectivity index (χ0n) is 14.2. The lowest BCUT2D eigenvalue weighted by molar-refractivity contribution is -0.119. The summed E-state index contributed by atoms with van der Waals surface area (Å²) < 4.78 is 7.06. The molecule has 5 N–H and O–H groups in total. The molecule has 2 aromatic heterocycles. The van der Waals surface area contributed by atoms with Crippen LogP contribution >= 0.6 is 0 Å². The van der Waals surface area contributed by atoms with E-state index in [0.29, 0.717) is 6.29 Å². The van der Waals surface area contributed by atoms with Gasteiger partial charge in [0.15, 0.2) is 11.2 Å². The molecule has 1 aliphatic heterocycles. The monoisotopic (exact) mass is 364 g/mol. The number of nitrogens with one attached hydrogen (secondary N) is 2. The number of amides is 1. The van der Waals surface area contributed by atoms with Crippen molar-refractivity contribution in [3.8, 4) is 0 Å². The van der Waals surface area contributed by atoms with E-state index in [1.54, 1.807) is 13.8 Å². The predicted octanol–water partition coefficient (Wildman–Crippen LogP) is -1.25. The molecule has 0 saturated carbocycles. The number of aliphatic hydroxyl groups is 1. The Morgan fingerprint density at radius 2 is 2.31 bits per heavy atom. The fourth-order valence-corrected chi connectivity index (χ4v) is 2.80. The predicted molar refractivity (Wildman–Crippen MR) is 90.1 cm³/mol. The van der Waals surface area contributed by atoms with Gasteiger partial charge in [-0.25, -0.2) is 4.98 Å². The van der Waals surface area contributed by atoms with Crippen LogP contribution in [0.1, 0.15) is 20.1 Å². The summed E-state index contributed by atoms with van der Waals surface area (Å²) in [6.07, 6.45) is 0.363. The number of ether oxygens (including phenoxy) is 1. The van der Waals surface area contributed by atoms with Gasteiger partial charge >= 0.3 is 0 Å². The van der Waals surface area contributed by atoms with E-state index in [9.17, 15) is 19.5 Å². The minimum absolute atomic E-state index is 0.0295. The average molecular weight is 364 g/mol. The number of carbonyl (C=O) groups excluding carboxylic acids is 2. The van der Waals surface area contributed by atoms with E-state index in [-0.39, 0.29) is 35.5 Å². The maximum Gasteiger partial charge on any atom is 0.280 e. The molecule has 4 atom stereocenters. The second-order valence-corrected chi connectivity index (χ2v) is 6.42. The van der Waals surface area contributed by atoms with Crippen LogP contribution in [0.3, 0.4) is 0 Å². The molecule has 1 fully saturated rings. The molecule has 0 bridgehead atoms. The summed E-state index contributed by atoms with van der Waals surface area (Å²) in [6, 6.07) is -0.706. The van der Waals surface area contributed by atoms with E-state index in [0.717, 1.165) is 0 Å². The number of nitrogens with two attached hydrogens (primary N) is 1. The number of H-pyrrole nitrogens is 1. The molecular formula is C15H20N6O5. The van der Waals surface area contributed by atoms with E-state index >= 15 is 0 Å². The van der Waals surface area contributed by atoms with Gasteiger partial charge in [-0.15, -0.1) is 0 Å². The molecule has 26 heavy (non-hydrogen) atoms. The van der Waals surface area contributed by atoms with E-state index in [2.05, 4.69) is 20.3 Å².